The van der Waals surface area contributed by atoms with Gasteiger partial charge in [0.05, 0.1) is 11.8 Å². The van der Waals surface area contributed by atoms with E-state index in [2.05, 4.69) is 22.3 Å². The summed E-state index contributed by atoms with van der Waals surface area (Å²) < 4.78 is 0. The Morgan fingerprint density at radius 1 is 1.21 bits per heavy atom. The van der Waals surface area contributed by atoms with Gasteiger partial charge in [-0.1, -0.05) is 30.3 Å². The van der Waals surface area contributed by atoms with Crippen LogP contribution in [0.15, 0.2) is 42.7 Å². The summed E-state index contributed by atoms with van der Waals surface area (Å²) in [6, 6.07) is 10.2. The molecule has 29 heavy (non-hydrogen) atoms. The fraction of sp³-hybridized carbons (Fsp3) is 0.429. The second-order valence-electron chi connectivity index (χ2n) is 7.32. The third kappa shape index (κ3) is 4.31. The fourth-order valence-electron chi connectivity index (χ4n) is 4.37. The number of likely N-dealkylation sites (tertiary alicyclic amines) is 2. The summed E-state index contributed by atoms with van der Waals surface area (Å²) >= 11 is 0. The molecule has 3 heterocycles. The molecule has 2 saturated heterocycles. The minimum atomic E-state index is -0.663. The number of aromatic amines is 1. The lowest BCUT2D eigenvalue weighted by molar-refractivity contribution is -0.145. The minimum Gasteiger partial charge on any atom is -0.483 e. The molecule has 4 rings (SSSR count). The second kappa shape index (κ2) is 9.36. The smallest absolute Gasteiger partial charge is 0.290 e. The van der Waals surface area contributed by atoms with E-state index in [9.17, 15) is 9.59 Å². The monoisotopic (exact) mass is 398 g/mol. The van der Waals surface area contributed by atoms with Gasteiger partial charge in [-0.15, -0.1) is 0 Å². The van der Waals surface area contributed by atoms with Crippen molar-refractivity contribution in [1.29, 1.82) is 0 Å². The van der Waals surface area contributed by atoms with E-state index in [0.29, 0.717) is 18.7 Å². The number of nitrogens with one attached hydrogen (secondary N) is 1. The van der Waals surface area contributed by atoms with Crippen molar-refractivity contribution in [3.05, 3.63) is 53.9 Å². The van der Waals surface area contributed by atoms with E-state index < -0.39 is 5.54 Å². The SMILES string of the molecule is O=C(c1cn[nH]c1)N1CCCC12CCCN(CCc1ccccc1)C2=O.O=CO. The Hall–Kier alpha value is -3.16. The van der Waals surface area contributed by atoms with Gasteiger partial charge in [0, 0.05) is 25.8 Å². The van der Waals surface area contributed by atoms with E-state index in [4.69, 9.17) is 9.90 Å². The summed E-state index contributed by atoms with van der Waals surface area (Å²) in [7, 11) is 0. The number of rotatable bonds is 4. The predicted octanol–water partition coefficient (Wildman–Crippen LogP) is 1.95. The molecule has 2 N–H and O–H groups in total. The minimum absolute atomic E-state index is 0.0884. The maximum atomic E-state index is 13.4. The lowest BCUT2D eigenvalue weighted by Gasteiger charge is -2.44. The van der Waals surface area contributed by atoms with Crippen LogP contribution >= 0.6 is 0 Å². The van der Waals surface area contributed by atoms with Gasteiger partial charge in [0.15, 0.2) is 0 Å². The second-order valence-corrected chi connectivity index (χ2v) is 7.32. The van der Waals surface area contributed by atoms with E-state index in [1.807, 2.05) is 23.1 Å². The summed E-state index contributed by atoms with van der Waals surface area (Å²) in [5, 5.41) is 13.5. The van der Waals surface area contributed by atoms with Crippen LogP contribution in [0.4, 0.5) is 0 Å². The Labute approximate surface area is 169 Å². The number of carbonyl (C=O) groups excluding carboxylic acids is 2. The molecule has 2 aromatic rings. The molecule has 154 valence electrons. The van der Waals surface area contributed by atoms with Gasteiger partial charge in [0.2, 0.25) is 5.91 Å². The van der Waals surface area contributed by atoms with Crippen molar-refractivity contribution in [3.8, 4) is 0 Å². The van der Waals surface area contributed by atoms with Gasteiger partial charge in [-0.25, -0.2) is 0 Å². The molecule has 0 aliphatic carbocycles. The molecule has 1 aromatic heterocycles. The average Bonchev–Trinajstić information content (AvgIpc) is 3.41. The standard InChI is InChI=1S/C20H24N4O2.CH2O2/c25-18(17-14-21-22-15-17)24-12-5-10-20(24)9-4-11-23(19(20)26)13-8-16-6-2-1-3-7-16;2-1-3/h1-3,6-7,14-15H,4-5,8-13H2,(H,21,22);1H,(H,2,3). The first-order chi connectivity index (χ1) is 14.1. The first kappa shape index (κ1) is 20.6. The number of amides is 2. The summed E-state index contributed by atoms with van der Waals surface area (Å²) in [5.74, 6) is 0.0311. The highest BCUT2D eigenvalue weighted by Crippen LogP contribution is 2.39. The van der Waals surface area contributed by atoms with Gasteiger partial charge in [0.25, 0.3) is 12.4 Å². The number of H-pyrrole nitrogens is 1. The predicted molar refractivity (Wildman–Crippen MR) is 106 cm³/mol. The first-order valence-electron chi connectivity index (χ1n) is 9.84. The zero-order valence-corrected chi connectivity index (χ0v) is 16.3. The normalized spacial score (nSPS) is 21.0. The van der Waals surface area contributed by atoms with Crippen LogP contribution in [0.5, 0.6) is 0 Å². The molecule has 2 aliphatic heterocycles. The van der Waals surface area contributed by atoms with Gasteiger partial charge in [-0.3, -0.25) is 19.5 Å². The van der Waals surface area contributed by atoms with Gasteiger partial charge in [-0.05, 0) is 37.7 Å². The van der Waals surface area contributed by atoms with Crippen molar-refractivity contribution >= 4 is 18.3 Å². The maximum Gasteiger partial charge on any atom is 0.290 e. The van der Waals surface area contributed by atoms with Crippen LogP contribution < -0.4 is 0 Å². The van der Waals surface area contributed by atoms with Crippen LogP contribution in [-0.4, -0.2) is 68.6 Å². The number of benzene rings is 1. The molecule has 0 radical (unpaired) electrons. The number of nitrogens with zero attached hydrogens (tertiary/aromatic N) is 3. The largest absolute Gasteiger partial charge is 0.483 e. The average molecular weight is 398 g/mol. The maximum absolute atomic E-state index is 13.4. The molecule has 1 aromatic carbocycles. The Morgan fingerprint density at radius 3 is 2.55 bits per heavy atom. The lowest BCUT2D eigenvalue weighted by Crippen LogP contribution is -2.61. The molecule has 0 bridgehead atoms. The summed E-state index contributed by atoms with van der Waals surface area (Å²) in [6.07, 6.45) is 7.33. The highest BCUT2D eigenvalue weighted by atomic mass is 16.3. The Balaban J connectivity index is 0.000000755. The number of hydrogen-bond donors (Lipinski definition) is 2. The number of aromatic nitrogens is 2. The molecule has 8 nitrogen and oxygen atoms in total. The summed E-state index contributed by atoms with van der Waals surface area (Å²) in [6.45, 7) is 1.88. The Kier molecular flexibility index (Phi) is 6.64. The zero-order valence-electron chi connectivity index (χ0n) is 16.3. The molecule has 2 aliphatic rings. The quantitative estimate of drug-likeness (QED) is 0.766. The third-order valence-corrected chi connectivity index (χ3v) is 5.70. The molecule has 0 saturated carbocycles. The number of piperidine rings is 1. The van der Waals surface area contributed by atoms with E-state index >= 15 is 0 Å². The third-order valence-electron chi connectivity index (χ3n) is 5.70. The number of carbonyl (C=O) groups is 3. The number of hydrogen-bond acceptors (Lipinski definition) is 4. The molecular formula is C21H26N4O4. The van der Waals surface area contributed by atoms with Crippen molar-refractivity contribution in [2.75, 3.05) is 19.6 Å². The molecule has 1 unspecified atom stereocenters. The Morgan fingerprint density at radius 2 is 1.90 bits per heavy atom. The van der Waals surface area contributed by atoms with Crippen LogP contribution in [0, 0.1) is 0 Å². The highest BCUT2D eigenvalue weighted by Gasteiger charge is 2.52. The number of carboxylic acid groups (broad SMARTS) is 1. The van der Waals surface area contributed by atoms with Crippen LogP contribution in [0.25, 0.3) is 0 Å². The van der Waals surface area contributed by atoms with Crippen LogP contribution in [0.1, 0.15) is 41.6 Å². The lowest BCUT2D eigenvalue weighted by atomic mass is 9.85. The van der Waals surface area contributed by atoms with Crippen molar-refractivity contribution < 1.29 is 19.5 Å². The van der Waals surface area contributed by atoms with Gasteiger partial charge >= 0.3 is 0 Å². The Bertz CT molecular complexity index is 824. The molecule has 2 amide bonds. The van der Waals surface area contributed by atoms with Crippen LogP contribution in [0.3, 0.4) is 0 Å². The van der Waals surface area contributed by atoms with E-state index in [-0.39, 0.29) is 18.3 Å². The van der Waals surface area contributed by atoms with Crippen molar-refractivity contribution in [2.45, 2.75) is 37.6 Å². The molecule has 1 atom stereocenters. The van der Waals surface area contributed by atoms with Crippen molar-refractivity contribution in [2.24, 2.45) is 0 Å². The van der Waals surface area contributed by atoms with Crippen LogP contribution in [-0.2, 0) is 16.0 Å². The highest BCUT2D eigenvalue weighted by molar-refractivity contribution is 5.99. The van der Waals surface area contributed by atoms with Gasteiger partial charge in [-0.2, -0.15) is 5.10 Å². The van der Waals surface area contributed by atoms with Gasteiger partial charge in [0.1, 0.15) is 5.54 Å². The van der Waals surface area contributed by atoms with Crippen LogP contribution in [0.2, 0.25) is 0 Å². The molecule has 8 heteroatoms. The first-order valence-corrected chi connectivity index (χ1v) is 9.84. The van der Waals surface area contributed by atoms with E-state index in [0.717, 1.165) is 38.6 Å². The van der Waals surface area contributed by atoms with E-state index in [1.54, 1.807) is 11.1 Å². The van der Waals surface area contributed by atoms with E-state index in [1.165, 1.54) is 11.8 Å². The van der Waals surface area contributed by atoms with Crippen molar-refractivity contribution in [1.82, 2.24) is 20.0 Å². The summed E-state index contributed by atoms with van der Waals surface area (Å²) in [5.41, 5.74) is 1.10. The van der Waals surface area contributed by atoms with Gasteiger partial charge < -0.3 is 14.9 Å². The fourth-order valence-corrected chi connectivity index (χ4v) is 4.37. The molecular weight excluding hydrogens is 372 g/mol. The molecule has 2 fully saturated rings. The summed E-state index contributed by atoms with van der Waals surface area (Å²) in [4.78, 5) is 38.4. The molecule has 1 spiro atoms. The topological polar surface area (TPSA) is 107 Å². The zero-order chi connectivity index (χ0) is 20.7. The van der Waals surface area contributed by atoms with Crippen molar-refractivity contribution in [3.63, 3.8) is 0 Å².